The minimum Gasteiger partial charge on any atom is -0.399 e. The highest BCUT2D eigenvalue weighted by atomic mass is 19.4. The number of hydrogen-bond acceptors (Lipinski definition) is 2. The van der Waals surface area contributed by atoms with Crippen LogP contribution in [0.5, 0.6) is 0 Å². The Labute approximate surface area is 117 Å². The van der Waals surface area contributed by atoms with Gasteiger partial charge in [0.15, 0.2) is 0 Å². The molecule has 2 nitrogen and oxygen atoms in total. The molecule has 0 atom stereocenters. The van der Waals surface area contributed by atoms with E-state index < -0.39 is 11.7 Å². The average Bonchev–Trinajstić information content (AvgIpc) is 2.38. The van der Waals surface area contributed by atoms with E-state index in [0.29, 0.717) is 24.9 Å². The third kappa shape index (κ3) is 3.19. The van der Waals surface area contributed by atoms with Crippen molar-refractivity contribution in [3.8, 4) is 0 Å². The van der Waals surface area contributed by atoms with E-state index in [-0.39, 0.29) is 11.4 Å². The molecule has 0 aliphatic carbocycles. The first-order chi connectivity index (χ1) is 9.29. The van der Waals surface area contributed by atoms with Gasteiger partial charge in [0.25, 0.3) is 0 Å². The lowest BCUT2D eigenvalue weighted by Crippen LogP contribution is -2.36. The van der Waals surface area contributed by atoms with E-state index in [1.54, 1.807) is 6.07 Å². The lowest BCUT2D eigenvalue weighted by molar-refractivity contribution is -0.137. The van der Waals surface area contributed by atoms with E-state index in [1.165, 1.54) is 6.07 Å². The van der Waals surface area contributed by atoms with Gasteiger partial charge in [-0.2, -0.15) is 13.2 Å². The Morgan fingerprint density at radius 2 is 1.80 bits per heavy atom. The van der Waals surface area contributed by atoms with Crippen LogP contribution < -0.4 is 10.6 Å². The summed E-state index contributed by atoms with van der Waals surface area (Å²) in [6.07, 6.45) is -2.47. The Bertz CT molecular complexity index is 461. The number of rotatable bonds is 2. The van der Waals surface area contributed by atoms with Crippen molar-refractivity contribution in [2.75, 3.05) is 23.7 Å². The highest BCUT2D eigenvalue weighted by molar-refractivity contribution is 5.61. The predicted molar refractivity (Wildman–Crippen MR) is 75.6 cm³/mol. The fourth-order valence-electron chi connectivity index (χ4n) is 2.86. The first-order valence-electron chi connectivity index (χ1n) is 7.00. The van der Waals surface area contributed by atoms with Crippen LogP contribution in [0.1, 0.15) is 32.3 Å². The summed E-state index contributed by atoms with van der Waals surface area (Å²) in [6, 6.07) is 4.07. The highest BCUT2D eigenvalue weighted by Gasteiger charge is 2.36. The molecule has 112 valence electrons. The zero-order chi connectivity index (χ0) is 14.9. The summed E-state index contributed by atoms with van der Waals surface area (Å²) in [5, 5.41) is 0. The minimum absolute atomic E-state index is 0.151. The fourth-order valence-corrected chi connectivity index (χ4v) is 2.86. The van der Waals surface area contributed by atoms with Crippen molar-refractivity contribution >= 4 is 11.4 Å². The lowest BCUT2D eigenvalue weighted by Gasteiger charge is -2.36. The van der Waals surface area contributed by atoms with E-state index in [9.17, 15) is 13.2 Å². The number of piperidine rings is 1. The number of benzene rings is 1. The van der Waals surface area contributed by atoms with E-state index in [1.807, 2.05) is 4.90 Å². The van der Waals surface area contributed by atoms with Crippen LogP contribution in [0.25, 0.3) is 0 Å². The molecule has 1 fully saturated rings. The smallest absolute Gasteiger partial charge is 0.399 e. The molecule has 1 aromatic carbocycles. The molecule has 0 amide bonds. The van der Waals surface area contributed by atoms with Crippen LogP contribution in [0.15, 0.2) is 18.2 Å². The molecular formula is C15H21F3N2. The van der Waals surface area contributed by atoms with Crippen molar-refractivity contribution in [3.63, 3.8) is 0 Å². The fraction of sp³-hybridized carbons (Fsp3) is 0.600. The zero-order valence-corrected chi connectivity index (χ0v) is 11.9. The Morgan fingerprint density at radius 3 is 2.30 bits per heavy atom. The maximum Gasteiger partial charge on any atom is 0.418 e. The molecule has 2 rings (SSSR count). The summed E-state index contributed by atoms with van der Waals surface area (Å²) in [5.41, 5.74) is 5.28. The molecule has 1 aromatic rings. The van der Waals surface area contributed by atoms with Crippen LogP contribution in [0, 0.1) is 11.8 Å². The number of halogens is 3. The second-order valence-electron chi connectivity index (χ2n) is 5.84. The summed E-state index contributed by atoms with van der Waals surface area (Å²) in [4.78, 5) is 1.83. The van der Waals surface area contributed by atoms with Gasteiger partial charge in [0.2, 0.25) is 0 Å². The summed E-state index contributed by atoms with van der Waals surface area (Å²) in [6.45, 7) is 5.70. The van der Waals surface area contributed by atoms with E-state index in [0.717, 1.165) is 18.9 Å². The Balaban J connectivity index is 2.22. The molecule has 1 saturated heterocycles. The van der Waals surface area contributed by atoms with Crippen molar-refractivity contribution < 1.29 is 13.2 Å². The minimum atomic E-state index is -4.36. The molecule has 20 heavy (non-hydrogen) atoms. The van der Waals surface area contributed by atoms with Crippen molar-refractivity contribution in [3.05, 3.63) is 23.8 Å². The molecule has 0 spiro atoms. The van der Waals surface area contributed by atoms with E-state index in [2.05, 4.69) is 13.8 Å². The molecule has 1 heterocycles. The van der Waals surface area contributed by atoms with Crippen molar-refractivity contribution in [2.45, 2.75) is 32.9 Å². The van der Waals surface area contributed by atoms with E-state index >= 15 is 0 Å². The lowest BCUT2D eigenvalue weighted by atomic mass is 9.86. The molecule has 0 saturated carbocycles. The van der Waals surface area contributed by atoms with Gasteiger partial charge in [0, 0.05) is 24.5 Å². The average molecular weight is 286 g/mol. The number of nitrogens with two attached hydrogens (primary N) is 1. The summed E-state index contributed by atoms with van der Waals surface area (Å²) < 4.78 is 39.3. The predicted octanol–water partition coefficient (Wildman–Crippen LogP) is 4.16. The molecule has 0 aromatic heterocycles. The standard InChI is InChI=1S/C15H21F3N2/c1-10(2)11-5-7-20(8-6-11)14-4-3-12(19)9-13(14)15(16,17)18/h3-4,9-11H,5-8,19H2,1-2H3. The summed E-state index contributed by atoms with van der Waals surface area (Å²) >= 11 is 0. The van der Waals surface area contributed by atoms with Crippen LogP contribution in [-0.4, -0.2) is 13.1 Å². The Kier molecular flexibility index (Phi) is 4.16. The normalized spacial score (nSPS) is 17.8. The number of nitrogens with zero attached hydrogens (tertiary/aromatic N) is 1. The van der Waals surface area contributed by atoms with Crippen molar-refractivity contribution in [2.24, 2.45) is 11.8 Å². The second-order valence-corrected chi connectivity index (χ2v) is 5.84. The molecule has 1 aliphatic rings. The van der Waals surface area contributed by atoms with Gasteiger partial charge in [-0.3, -0.25) is 0 Å². The van der Waals surface area contributed by atoms with Gasteiger partial charge in [-0.05, 0) is 42.9 Å². The number of nitrogen functional groups attached to an aromatic ring is 1. The van der Waals surface area contributed by atoms with Gasteiger partial charge in [-0.1, -0.05) is 13.8 Å². The maximum atomic E-state index is 13.1. The van der Waals surface area contributed by atoms with Gasteiger partial charge >= 0.3 is 6.18 Å². The topological polar surface area (TPSA) is 29.3 Å². The number of anilines is 2. The summed E-state index contributed by atoms with van der Waals surface area (Å²) in [7, 11) is 0. The third-order valence-corrected chi connectivity index (χ3v) is 4.15. The Hall–Kier alpha value is -1.39. The van der Waals surface area contributed by atoms with Gasteiger partial charge in [0.1, 0.15) is 0 Å². The molecule has 0 bridgehead atoms. The molecule has 0 radical (unpaired) electrons. The van der Waals surface area contributed by atoms with Crippen LogP contribution in [0.2, 0.25) is 0 Å². The van der Waals surface area contributed by atoms with Crippen LogP contribution in [0.3, 0.4) is 0 Å². The Morgan fingerprint density at radius 1 is 1.20 bits per heavy atom. The van der Waals surface area contributed by atoms with Crippen LogP contribution >= 0.6 is 0 Å². The molecule has 0 unspecified atom stereocenters. The molecule has 5 heteroatoms. The maximum absolute atomic E-state index is 13.1. The molecular weight excluding hydrogens is 265 g/mol. The third-order valence-electron chi connectivity index (χ3n) is 4.15. The van der Waals surface area contributed by atoms with Gasteiger partial charge in [0.05, 0.1) is 5.56 Å². The van der Waals surface area contributed by atoms with Crippen molar-refractivity contribution in [1.29, 1.82) is 0 Å². The monoisotopic (exact) mass is 286 g/mol. The zero-order valence-electron chi connectivity index (χ0n) is 11.9. The number of alkyl halides is 3. The molecule has 2 N–H and O–H groups in total. The molecule has 1 aliphatic heterocycles. The SMILES string of the molecule is CC(C)C1CCN(c2ccc(N)cc2C(F)(F)F)CC1. The number of hydrogen-bond donors (Lipinski definition) is 1. The van der Waals surface area contributed by atoms with Gasteiger partial charge in [-0.25, -0.2) is 0 Å². The van der Waals surface area contributed by atoms with Gasteiger partial charge < -0.3 is 10.6 Å². The second kappa shape index (κ2) is 5.54. The van der Waals surface area contributed by atoms with Gasteiger partial charge in [-0.15, -0.1) is 0 Å². The van der Waals surface area contributed by atoms with Crippen molar-refractivity contribution in [1.82, 2.24) is 0 Å². The first-order valence-corrected chi connectivity index (χ1v) is 7.00. The first kappa shape index (κ1) is 15.0. The quantitative estimate of drug-likeness (QED) is 0.827. The van der Waals surface area contributed by atoms with Crippen LogP contribution in [-0.2, 0) is 6.18 Å². The largest absolute Gasteiger partial charge is 0.418 e. The van der Waals surface area contributed by atoms with Crippen LogP contribution in [0.4, 0.5) is 24.5 Å². The van der Waals surface area contributed by atoms with E-state index in [4.69, 9.17) is 5.73 Å². The summed E-state index contributed by atoms with van der Waals surface area (Å²) in [5.74, 6) is 1.19. The highest BCUT2D eigenvalue weighted by Crippen LogP contribution is 2.39.